The van der Waals surface area contributed by atoms with E-state index in [4.69, 9.17) is 9.99 Å². The number of hydrogen-bond donors (Lipinski definition) is 3. The number of rotatable bonds is 12. The van der Waals surface area contributed by atoms with E-state index in [0.717, 1.165) is 56.4 Å². The van der Waals surface area contributed by atoms with Crippen molar-refractivity contribution in [1.82, 2.24) is 14.7 Å². The zero-order chi connectivity index (χ0) is 31.6. The number of aliphatic hydroxyl groups excluding tert-OH is 1. The summed E-state index contributed by atoms with van der Waals surface area (Å²) >= 11 is 0. The molecule has 3 aromatic carbocycles. The van der Waals surface area contributed by atoms with Crippen LogP contribution in [0.25, 0.3) is 0 Å². The van der Waals surface area contributed by atoms with Crippen molar-refractivity contribution in [3.05, 3.63) is 102 Å². The van der Waals surface area contributed by atoms with Crippen molar-refractivity contribution in [2.45, 2.75) is 50.3 Å². The fraction of sp³-hybridized carbons (Fsp3) is 0.429. The average molecular weight is 617 g/mol. The lowest BCUT2D eigenvalue weighted by atomic mass is 9.88. The number of nitrogens with one attached hydrogen (secondary N) is 1. The molecule has 3 aromatic rings. The van der Waals surface area contributed by atoms with Crippen LogP contribution in [-0.2, 0) is 16.3 Å². The molecule has 0 spiro atoms. The van der Waals surface area contributed by atoms with E-state index in [2.05, 4.69) is 39.6 Å². The summed E-state index contributed by atoms with van der Waals surface area (Å²) in [5, 5.41) is 18.2. The number of piperidine rings is 1. The second kappa shape index (κ2) is 15.9. The van der Waals surface area contributed by atoms with Gasteiger partial charge in [-0.1, -0.05) is 60.7 Å². The third kappa shape index (κ3) is 8.40. The van der Waals surface area contributed by atoms with Gasteiger partial charge in [0, 0.05) is 50.9 Å². The smallest absolute Gasteiger partial charge is 0.410 e. The van der Waals surface area contributed by atoms with Crippen LogP contribution in [0.1, 0.15) is 53.1 Å². The van der Waals surface area contributed by atoms with Crippen LogP contribution >= 0.6 is 0 Å². The first-order chi connectivity index (χ1) is 22.0. The van der Waals surface area contributed by atoms with Gasteiger partial charge < -0.3 is 24.5 Å². The SMILES string of the molecule is CN(C(=O)c1ccccc1)C1CC(CN2CCC(N(CCO)C(=O)OCc3ccc(NOO)cc3)CC2)C(c2ccccc2)C1. The summed E-state index contributed by atoms with van der Waals surface area (Å²) in [7, 11) is 1.93. The number of anilines is 1. The molecule has 10 nitrogen and oxygen atoms in total. The third-order valence-electron chi connectivity index (χ3n) is 9.33. The second-order valence-corrected chi connectivity index (χ2v) is 12.1. The van der Waals surface area contributed by atoms with E-state index in [1.165, 1.54) is 5.56 Å². The molecule has 1 saturated carbocycles. The molecule has 1 saturated heterocycles. The fourth-order valence-electron chi connectivity index (χ4n) is 6.90. The van der Waals surface area contributed by atoms with Crippen molar-refractivity contribution in [1.29, 1.82) is 0 Å². The number of carbonyl (C=O) groups excluding carboxylic acids is 2. The van der Waals surface area contributed by atoms with Crippen molar-refractivity contribution in [2.24, 2.45) is 5.92 Å². The van der Waals surface area contributed by atoms with Gasteiger partial charge in [-0.15, -0.1) is 4.99 Å². The first-order valence-electron chi connectivity index (χ1n) is 15.8. The molecule has 0 aromatic heterocycles. The molecule has 1 aliphatic carbocycles. The summed E-state index contributed by atoms with van der Waals surface area (Å²) in [5.74, 6) is 0.834. The molecule has 3 unspecified atom stereocenters. The van der Waals surface area contributed by atoms with Crippen molar-refractivity contribution in [3.63, 3.8) is 0 Å². The molecule has 1 heterocycles. The Hall–Kier alpha value is -3.96. The summed E-state index contributed by atoms with van der Waals surface area (Å²) in [6.07, 6.45) is 3.05. The first kappa shape index (κ1) is 32.4. The van der Waals surface area contributed by atoms with Gasteiger partial charge in [0.2, 0.25) is 0 Å². The van der Waals surface area contributed by atoms with Crippen LogP contribution in [0.3, 0.4) is 0 Å². The molecule has 2 fully saturated rings. The highest BCUT2D eigenvalue weighted by atomic mass is 17.2. The Morgan fingerprint density at radius 2 is 1.58 bits per heavy atom. The zero-order valence-electron chi connectivity index (χ0n) is 25.8. The van der Waals surface area contributed by atoms with Crippen molar-refractivity contribution >= 4 is 17.7 Å². The molecule has 3 atom stereocenters. The molecule has 10 heteroatoms. The number of aliphatic hydroxyl groups is 1. The van der Waals surface area contributed by atoms with Crippen LogP contribution < -0.4 is 5.48 Å². The van der Waals surface area contributed by atoms with Crippen LogP contribution in [0.2, 0.25) is 0 Å². The van der Waals surface area contributed by atoms with Gasteiger partial charge in [0.15, 0.2) is 0 Å². The average Bonchev–Trinajstić information content (AvgIpc) is 3.51. The zero-order valence-corrected chi connectivity index (χ0v) is 25.8. The standard InChI is InChI=1S/C35H44N4O6/c1-37(34(41)28-10-6-3-7-11-28)32-22-29(33(23-32)27-8-4-2-5-9-27)24-38-18-16-31(17-19-38)39(20-21-40)35(42)44-25-26-12-14-30(15-13-26)36-45-43/h2-15,29,31-33,36,40,43H,16-25H2,1H3. The van der Waals surface area contributed by atoms with Gasteiger partial charge in [0.1, 0.15) is 6.61 Å². The molecule has 2 amide bonds. The summed E-state index contributed by atoms with van der Waals surface area (Å²) < 4.78 is 5.61. The molecule has 240 valence electrons. The quantitative estimate of drug-likeness (QED) is 0.187. The van der Waals surface area contributed by atoms with E-state index in [1.54, 1.807) is 29.2 Å². The Labute approximate surface area is 265 Å². The molecule has 5 rings (SSSR count). The minimum absolute atomic E-state index is 0.00921. The van der Waals surface area contributed by atoms with Gasteiger partial charge in [-0.25, -0.2) is 15.5 Å². The van der Waals surface area contributed by atoms with Gasteiger partial charge in [-0.05, 0) is 72.9 Å². The topological polar surface area (TPSA) is 115 Å². The van der Waals surface area contributed by atoms with Crippen molar-refractivity contribution in [2.75, 3.05) is 45.3 Å². The summed E-state index contributed by atoms with van der Waals surface area (Å²) in [6, 6.07) is 27.3. The lowest BCUT2D eigenvalue weighted by Gasteiger charge is -2.39. The maximum atomic E-state index is 13.3. The summed E-state index contributed by atoms with van der Waals surface area (Å²) in [5.41, 5.74) is 5.73. The first-order valence-corrected chi connectivity index (χ1v) is 15.8. The molecule has 1 aliphatic heterocycles. The number of amides is 2. The van der Waals surface area contributed by atoms with E-state index < -0.39 is 6.09 Å². The number of ether oxygens (including phenoxy) is 1. The van der Waals surface area contributed by atoms with Gasteiger partial charge in [0.25, 0.3) is 5.91 Å². The van der Waals surface area contributed by atoms with Gasteiger partial charge in [0.05, 0.1) is 12.3 Å². The predicted octanol–water partition coefficient (Wildman–Crippen LogP) is 5.23. The normalized spacial score (nSPS) is 20.5. The molecule has 2 aliphatic rings. The molecule has 3 N–H and O–H groups in total. The van der Waals surface area contributed by atoms with Gasteiger partial charge in [-0.3, -0.25) is 4.79 Å². The van der Waals surface area contributed by atoms with Crippen LogP contribution in [0.15, 0.2) is 84.9 Å². The Balaban J connectivity index is 1.17. The Bertz CT molecular complexity index is 1350. The Morgan fingerprint density at radius 3 is 2.22 bits per heavy atom. The van der Waals surface area contributed by atoms with Crippen LogP contribution in [0.4, 0.5) is 10.5 Å². The molecule has 45 heavy (non-hydrogen) atoms. The largest absolute Gasteiger partial charge is 0.445 e. The number of nitrogens with zero attached hydrogens (tertiary/aromatic N) is 3. The van der Waals surface area contributed by atoms with E-state index in [9.17, 15) is 14.7 Å². The highest BCUT2D eigenvalue weighted by Crippen LogP contribution is 2.42. The van der Waals surface area contributed by atoms with Crippen molar-refractivity contribution in [3.8, 4) is 0 Å². The fourth-order valence-corrected chi connectivity index (χ4v) is 6.90. The number of benzene rings is 3. The molecule has 0 bridgehead atoms. The highest BCUT2D eigenvalue weighted by Gasteiger charge is 2.40. The van der Waals surface area contributed by atoms with E-state index in [0.29, 0.717) is 17.5 Å². The van der Waals surface area contributed by atoms with Crippen LogP contribution in [0, 0.1) is 5.92 Å². The minimum atomic E-state index is -0.433. The number of carbonyl (C=O) groups is 2. The maximum absolute atomic E-state index is 13.3. The van der Waals surface area contributed by atoms with E-state index in [1.807, 2.05) is 48.3 Å². The maximum Gasteiger partial charge on any atom is 0.410 e. The Kier molecular flexibility index (Phi) is 11.4. The second-order valence-electron chi connectivity index (χ2n) is 12.1. The summed E-state index contributed by atoms with van der Waals surface area (Å²) in [6.45, 7) is 2.83. The van der Waals surface area contributed by atoms with Crippen LogP contribution in [-0.4, -0.2) is 89.0 Å². The number of hydrogen-bond acceptors (Lipinski definition) is 8. The lowest BCUT2D eigenvalue weighted by molar-refractivity contribution is -0.215. The van der Waals surface area contributed by atoms with Crippen molar-refractivity contribution < 1.29 is 29.7 Å². The highest BCUT2D eigenvalue weighted by molar-refractivity contribution is 5.94. The van der Waals surface area contributed by atoms with Gasteiger partial charge in [-0.2, -0.15) is 0 Å². The Morgan fingerprint density at radius 1 is 0.911 bits per heavy atom. The molecular formula is C35H44N4O6. The monoisotopic (exact) mass is 616 g/mol. The molecular weight excluding hydrogens is 572 g/mol. The third-order valence-corrected chi connectivity index (χ3v) is 9.33. The molecule has 0 radical (unpaired) electrons. The van der Waals surface area contributed by atoms with Gasteiger partial charge >= 0.3 is 6.09 Å². The summed E-state index contributed by atoms with van der Waals surface area (Å²) in [4.78, 5) is 36.4. The number of likely N-dealkylation sites (tertiary alicyclic amines) is 1. The van der Waals surface area contributed by atoms with Crippen LogP contribution in [0.5, 0.6) is 0 Å². The predicted molar refractivity (Wildman–Crippen MR) is 171 cm³/mol. The van der Waals surface area contributed by atoms with E-state index in [-0.39, 0.29) is 37.7 Å². The minimum Gasteiger partial charge on any atom is -0.445 e. The lowest BCUT2D eigenvalue weighted by Crippen LogP contribution is -2.49. The van der Waals surface area contributed by atoms with E-state index >= 15 is 0 Å².